The summed E-state index contributed by atoms with van der Waals surface area (Å²) < 4.78 is 2.01. The van der Waals surface area contributed by atoms with Crippen LogP contribution in [0.2, 0.25) is 0 Å². The first-order valence-electron chi connectivity index (χ1n) is 8.78. The summed E-state index contributed by atoms with van der Waals surface area (Å²) in [4.78, 5) is 20.7. The second-order valence-electron chi connectivity index (χ2n) is 6.40. The molecule has 2 heterocycles. The van der Waals surface area contributed by atoms with Crippen LogP contribution in [0.15, 0.2) is 12.4 Å². The summed E-state index contributed by atoms with van der Waals surface area (Å²) in [6.07, 6.45) is 12.6. The fourth-order valence-corrected chi connectivity index (χ4v) is 3.27. The Kier molecular flexibility index (Phi) is 5.55. The summed E-state index contributed by atoms with van der Waals surface area (Å²) in [7, 11) is 1.74. The number of carbonyl (C=O) groups excluding carboxylic acids is 1. The first-order valence-corrected chi connectivity index (χ1v) is 8.78. The fourth-order valence-electron chi connectivity index (χ4n) is 3.27. The fraction of sp³-hybridized carbons (Fsp3) is 0.688. The van der Waals surface area contributed by atoms with Crippen LogP contribution in [0.25, 0.3) is 0 Å². The van der Waals surface area contributed by atoms with Crippen LogP contribution in [0.1, 0.15) is 63.2 Å². The number of aryl methyl sites for hydroxylation is 1. The summed E-state index contributed by atoms with van der Waals surface area (Å²) in [6.45, 7) is 0. The van der Waals surface area contributed by atoms with Gasteiger partial charge in [0.1, 0.15) is 0 Å². The highest BCUT2D eigenvalue weighted by Crippen LogP contribution is 2.28. The first kappa shape index (κ1) is 16.6. The summed E-state index contributed by atoms with van der Waals surface area (Å²) in [5, 5.41) is 12.2. The predicted octanol–water partition coefficient (Wildman–Crippen LogP) is 2.28. The Hall–Kier alpha value is -2.25. The van der Waals surface area contributed by atoms with Gasteiger partial charge in [0.05, 0.1) is 6.04 Å². The minimum Gasteiger partial charge on any atom is -0.331 e. The molecular formula is C16H25N7O. The molecule has 8 heteroatoms. The van der Waals surface area contributed by atoms with Crippen molar-refractivity contribution in [3.63, 3.8) is 0 Å². The summed E-state index contributed by atoms with van der Waals surface area (Å²) >= 11 is 0. The molecule has 2 aromatic rings. The lowest BCUT2D eigenvalue weighted by Crippen LogP contribution is -2.26. The smallest absolute Gasteiger partial charge is 0.229 e. The van der Waals surface area contributed by atoms with Crippen LogP contribution in [-0.4, -0.2) is 43.1 Å². The van der Waals surface area contributed by atoms with Crippen molar-refractivity contribution in [2.45, 2.75) is 63.8 Å². The third-order valence-electron chi connectivity index (χ3n) is 4.70. The molecule has 2 aromatic heterocycles. The Balaban J connectivity index is 1.44. The minimum atomic E-state index is 0.0665. The van der Waals surface area contributed by atoms with E-state index in [1.54, 1.807) is 24.3 Å². The lowest BCUT2D eigenvalue weighted by molar-refractivity contribution is -0.118. The van der Waals surface area contributed by atoms with E-state index in [1.165, 1.54) is 32.1 Å². The number of nitrogens with one attached hydrogen (secondary N) is 1. The van der Waals surface area contributed by atoms with E-state index in [0.29, 0.717) is 18.4 Å². The van der Waals surface area contributed by atoms with Gasteiger partial charge < -0.3 is 4.98 Å². The molecule has 0 aliphatic heterocycles. The van der Waals surface area contributed by atoms with Gasteiger partial charge in [-0.25, -0.2) is 9.67 Å². The van der Waals surface area contributed by atoms with E-state index in [4.69, 9.17) is 0 Å². The van der Waals surface area contributed by atoms with E-state index in [9.17, 15) is 4.79 Å². The Labute approximate surface area is 141 Å². The quantitative estimate of drug-likeness (QED) is 0.786. The first-order chi connectivity index (χ1) is 11.8. The lowest BCUT2D eigenvalue weighted by Gasteiger charge is -2.22. The van der Waals surface area contributed by atoms with Gasteiger partial charge >= 0.3 is 0 Å². The van der Waals surface area contributed by atoms with E-state index in [0.717, 1.165) is 25.1 Å². The summed E-state index contributed by atoms with van der Waals surface area (Å²) in [5.41, 5.74) is 0. The van der Waals surface area contributed by atoms with Crippen molar-refractivity contribution in [1.82, 2.24) is 30.2 Å². The Bertz CT molecular complexity index is 631. The van der Waals surface area contributed by atoms with E-state index < -0.39 is 0 Å². The summed E-state index contributed by atoms with van der Waals surface area (Å²) in [5.74, 6) is 1.60. The molecule has 0 bridgehead atoms. The van der Waals surface area contributed by atoms with Crippen LogP contribution in [0, 0.1) is 0 Å². The number of hydrogen-bond acceptors (Lipinski definition) is 5. The molecule has 0 spiro atoms. The van der Waals surface area contributed by atoms with Crippen molar-refractivity contribution in [3.05, 3.63) is 18.2 Å². The van der Waals surface area contributed by atoms with Gasteiger partial charge in [0.25, 0.3) is 0 Å². The number of rotatable bonds is 7. The number of nitrogens with zero attached hydrogens (tertiary/aromatic N) is 6. The Morgan fingerprint density at radius 1 is 1.33 bits per heavy atom. The monoisotopic (exact) mass is 331 g/mol. The van der Waals surface area contributed by atoms with E-state index in [1.807, 2.05) is 4.68 Å². The van der Waals surface area contributed by atoms with Crippen molar-refractivity contribution in [2.75, 3.05) is 11.9 Å². The van der Waals surface area contributed by atoms with Crippen molar-refractivity contribution in [1.29, 1.82) is 0 Å². The maximum atomic E-state index is 12.1. The molecule has 24 heavy (non-hydrogen) atoms. The number of anilines is 1. The van der Waals surface area contributed by atoms with Crippen molar-refractivity contribution >= 4 is 11.9 Å². The number of aromatic nitrogens is 6. The molecule has 0 radical (unpaired) electrons. The van der Waals surface area contributed by atoms with Gasteiger partial charge in [-0.1, -0.05) is 19.3 Å². The molecule has 130 valence electrons. The second-order valence-corrected chi connectivity index (χ2v) is 6.40. The largest absolute Gasteiger partial charge is 0.331 e. The average molecular weight is 331 g/mol. The number of unbranched alkanes of at least 4 members (excludes halogenated alkanes) is 1. The molecule has 1 N–H and O–H groups in total. The van der Waals surface area contributed by atoms with Gasteiger partial charge in [0.15, 0.2) is 5.82 Å². The van der Waals surface area contributed by atoms with Gasteiger partial charge in [-0.05, 0) is 36.1 Å². The number of imidazole rings is 1. The Morgan fingerprint density at radius 3 is 2.92 bits per heavy atom. The van der Waals surface area contributed by atoms with Gasteiger partial charge in [0, 0.05) is 32.3 Å². The number of amides is 1. The molecule has 0 atom stereocenters. The van der Waals surface area contributed by atoms with Gasteiger partial charge in [0.2, 0.25) is 11.9 Å². The molecule has 0 saturated heterocycles. The van der Waals surface area contributed by atoms with Crippen LogP contribution in [-0.2, 0) is 11.2 Å². The lowest BCUT2D eigenvalue weighted by atomic mass is 9.95. The predicted molar refractivity (Wildman–Crippen MR) is 89.5 cm³/mol. The highest BCUT2D eigenvalue weighted by atomic mass is 16.2. The molecule has 1 aliphatic carbocycles. The van der Waals surface area contributed by atoms with Crippen LogP contribution in [0.5, 0.6) is 0 Å². The standard InChI is InChI=1S/C16H25N7O/c1-22(16-17-11-12-18-16)15(24)10-6-5-9-14-19-20-21-23(14)13-7-3-2-4-8-13/h11-13H,2-10H2,1H3,(H,17,18). The molecule has 0 unspecified atom stereocenters. The third kappa shape index (κ3) is 3.98. The maximum absolute atomic E-state index is 12.1. The average Bonchev–Trinajstić information content (AvgIpc) is 3.30. The highest BCUT2D eigenvalue weighted by Gasteiger charge is 2.20. The van der Waals surface area contributed by atoms with Gasteiger partial charge in [-0.15, -0.1) is 5.10 Å². The zero-order valence-corrected chi connectivity index (χ0v) is 14.2. The minimum absolute atomic E-state index is 0.0665. The van der Waals surface area contributed by atoms with Crippen molar-refractivity contribution < 1.29 is 4.79 Å². The van der Waals surface area contributed by atoms with Crippen LogP contribution >= 0.6 is 0 Å². The van der Waals surface area contributed by atoms with E-state index >= 15 is 0 Å². The number of hydrogen-bond donors (Lipinski definition) is 1. The zero-order valence-electron chi connectivity index (χ0n) is 14.2. The molecule has 0 aromatic carbocycles. The van der Waals surface area contributed by atoms with Crippen LogP contribution < -0.4 is 4.90 Å². The molecule has 8 nitrogen and oxygen atoms in total. The number of carbonyl (C=O) groups is 1. The normalized spacial score (nSPS) is 15.5. The second kappa shape index (κ2) is 8.03. The number of aromatic amines is 1. The van der Waals surface area contributed by atoms with Gasteiger partial charge in [-0.3, -0.25) is 9.69 Å². The highest BCUT2D eigenvalue weighted by molar-refractivity contribution is 5.90. The zero-order chi connectivity index (χ0) is 16.8. The SMILES string of the molecule is CN(C(=O)CCCCc1nnnn1C1CCCCC1)c1ncc[nH]1. The van der Waals surface area contributed by atoms with E-state index in [-0.39, 0.29) is 5.91 Å². The Morgan fingerprint density at radius 2 is 2.17 bits per heavy atom. The van der Waals surface area contributed by atoms with Crippen LogP contribution in [0.3, 0.4) is 0 Å². The molecule has 1 saturated carbocycles. The molecule has 1 amide bonds. The summed E-state index contributed by atoms with van der Waals surface area (Å²) in [6, 6.07) is 0.454. The van der Waals surface area contributed by atoms with Crippen molar-refractivity contribution in [2.24, 2.45) is 0 Å². The number of tetrazole rings is 1. The molecular weight excluding hydrogens is 306 g/mol. The van der Waals surface area contributed by atoms with Gasteiger partial charge in [-0.2, -0.15) is 0 Å². The molecule has 1 fully saturated rings. The molecule has 1 aliphatic rings. The van der Waals surface area contributed by atoms with E-state index in [2.05, 4.69) is 25.5 Å². The maximum Gasteiger partial charge on any atom is 0.229 e. The van der Waals surface area contributed by atoms with Crippen molar-refractivity contribution in [3.8, 4) is 0 Å². The third-order valence-corrected chi connectivity index (χ3v) is 4.70. The number of H-pyrrole nitrogens is 1. The molecule has 3 rings (SSSR count). The topological polar surface area (TPSA) is 92.6 Å². The van der Waals surface area contributed by atoms with Crippen LogP contribution in [0.4, 0.5) is 5.95 Å².